The Kier molecular flexibility index (Phi) is 6.45. The molecule has 0 amide bonds. The van der Waals surface area contributed by atoms with Crippen molar-refractivity contribution in [2.24, 2.45) is 0 Å². The minimum Gasteiger partial charge on any atom is -0.469 e. The summed E-state index contributed by atoms with van der Waals surface area (Å²) in [6.07, 6.45) is 2.27. The van der Waals surface area contributed by atoms with Gasteiger partial charge < -0.3 is 13.8 Å². The van der Waals surface area contributed by atoms with Crippen molar-refractivity contribution >= 4 is 13.6 Å². The molecule has 0 atom stereocenters. The van der Waals surface area contributed by atoms with E-state index in [0.717, 1.165) is 0 Å². The molecule has 0 fully saturated rings. The first-order chi connectivity index (χ1) is 6.58. The number of hydrogen-bond acceptors (Lipinski definition) is 5. The van der Waals surface area contributed by atoms with E-state index >= 15 is 0 Å². The summed E-state index contributed by atoms with van der Waals surface area (Å²) < 4.78 is 25.1. The number of carbonyl (C=O) groups excluding carboxylic acids is 1. The molecule has 0 aliphatic rings. The van der Waals surface area contributed by atoms with Crippen molar-refractivity contribution in [3.63, 3.8) is 0 Å². The molecule has 14 heavy (non-hydrogen) atoms. The van der Waals surface area contributed by atoms with Gasteiger partial charge in [-0.25, -0.2) is 0 Å². The van der Waals surface area contributed by atoms with Gasteiger partial charge in [-0.1, -0.05) is 6.08 Å². The molecule has 0 aromatic rings. The predicted octanol–water partition coefficient (Wildman–Crippen LogP) is 1.94. The molecule has 0 N–H and O–H groups in total. The third-order valence-electron chi connectivity index (χ3n) is 1.54. The van der Waals surface area contributed by atoms with Crippen molar-refractivity contribution in [3.8, 4) is 0 Å². The Labute approximate surface area is 83.6 Å². The molecule has 0 unspecified atom stereocenters. The molecular formula is C8H15O5P. The zero-order valence-electron chi connectivity index (χ0n) is 8.56. The largest absolute Gasteiger partial charge is 0.469 e. The lowest BCUT2D eigenvalue weighted by molar-refractivity contribution is -0.140. The minimum absolute atomic E-state index is 0.250. The molecule has 0 rings (SSSR count). The summed E-state index contributed by atoms with van der Waals surface area (Å²) in [4.78, 5) is 10.7. The Morgan fingerprint density at radius 1 is 1.29 bits per heavy atom. The first kappa shape index (κ1) is 13.4. The Morgan fingerprint density at radius 2 is 1.86 bits per heavy atom. The van der Waals surface area contributed by atoms with E-state index in [4.69, 9.17) is 0 Å². The lowest BCUT2D eigenvalue weighted by atomic mass is 10.3. The second-order valence-electron chi connectivity index (χ2n) is 2.40. The van der Waals surface area contributed by atoms with Crippen LogP contribution in [0.2, 0.25) is 0 Å². The number of allylic oxidation sites excluding steroid dienone is 1. The predicted molar refractivity (Wildman–Crippen MR) is 52.0 cm³/mol. The van der Waals surface area contributed by atoms with Crippen molar-refractivity contribution in [1.29, 1.82) is 0 Å². The van der Waals surface area contributed by atoms with Crippen LogP contribution in [0.25, 0.3) is 0 Å². The molecule has 0 aromatic heterocycles. The molecule has 82 valence electrons. The van der Waals surface area contributed by atoms with Crippen LogP contribution >= 0.6 is 7.60 Å². The van der Waals surface area contributed by atoms with E-state index in [2.05, 4.69) is 13.8 Å². The summed E-state index contributed by atoms with van der Waals surface area (Å²) in [7, 11) is 0.840. The number of carbonyl (C=O) groups is 1. The van der Waals surface area contributed by atoms with Crippen molar-refractivity contribution in [3.05, 3.63) is 11.9 Å². The van der Waals surface area contributed by atoms with Gasteiger partial charge in [0, 0.05) is 26.5 Å². The highest BCUT2D eigenvalue weighted by molar-refractivity contribution is 7.57. The number of ether oxygens (including phenoxy) is 1. The maximum absolute atomic E-state index is 11.4. The van der Waals surface area contributed by atoms with Crippen LogP contribution < -0.4 is 0 Å². The molecule has 0 spiro atoms. The molecule has 0 aromatic carbocycles. The fraction of sp³-hybridized carbons (Fsp3) is 0.625. The highest BCUT2D eigenvalue weighted by Gasteiger charge is 2.14. The number of hydrogen-bond donors (Lipinski definition) is 0. The van der Waals surface area contributed by atoms with Crippen molar-refractivity contribution in [2.75, 3.05) is 21.3 Å². The average molecular weight is 222 g/mol. The maximum Gasteiger partial charge on any atom is 0.353 e. The second kappa shape index (κ2) is 6.76. The fourth-order valence-corrected chi connectivity index (χ4v) is 1.50. The van der Waals surface area contributed by atoms with Crippen LogP contribution in [-0.2, 0) is 23.1 Å². The summed E-state index contributed by atoms with van der Waals surface area (Å²) in [6, 6.07) is 0. The Hall–Kier alpha value is -0.640. The van der Waals surface area contributed by atoms with Gasteiger partial charge in [0.15, 0.2) is 0 Å². The van der Waals surface area contributed by atoms with Gasteiger partial charge in [-0.05, 0) is 6.42 Å². The van der Waals surface area contributed by atoms with Crippen LogP contribution in [0.3, 0.4) is 0 Å². The topological polar surface area (TPSA) is 61.8 Å². The second-order valence-corrected chi connectivity index (χ2v) is 4.51. The third-order valence-corrected chi connectivity index (χ3v) is 3.13. The molecule has 0 saturated heterocycles. The zero-order chi connectivity index (χ0) is 11.0. The molecular weight excluding hydrogens is 207 g/mol. The lowest BCUT2D eigenvalue weighted by Crippen LogP contribution is -1.98. The van der Waals surface area contributed by atoms with Crippen LogP contribution in [0.1, 0.15) is 12.8 Å². The Morgan fingerprint density at radius 3 is 2.29 bits per heavy atom. The lowest BCUT2D eigenvalue weighted by Gasteiger charge is -2.07. The molecule has 0 heterocycles. The van der Waals surface area contributed by atoms with Gasteiger partial charge >= 0.3 is 13.6 Å². The average Bonchev–Trinajstić information content (AvgIpc) is 2.23. The van der Waals surface area contributed by atoms with Crippen molar-refractivity contribution in [2.45, 2.75) is 12.8 Å². The van der Waals surface area contributed by atoms with Crippen LogP contribution in [-0.4, -0.2) is 27.3 Å². The van der Waals surface area contributed by atoms with Gasteiger partial charge in [0.25, 0.3) is 0 Å². The summed E-state index contributed by atoms with van der Waals surface area (Å²) in [5, 5.41) is 0. The highest BCUT2D eigenvalue weighted by atomic mass is 31.2. The van der Waals surface area contributed by atoms with Gasteiger partial charge in [0.2, 0.25) is 0 Å². The smallest absolute Gasteiger partial charge is 0.353 e. The number of methoxy groups -OCH3 is 1. The van der Waals surface area contributed by atoms with Crippen LogP contribution in [0, 0.1) is 0 Å². The fourth-order valence-electron chi connectivity index (χ4n) is 0.703. The summed E-state index contributed by atoms with van der Waals surface area (Å²) in [6.45, 7) is 0. The SMILES string of the molecule is COC(=O)CC/C=C/P(=O)(OC)OC. The van der Waals surface area contributed by atoms with Gasteiger partial charge in [-0.2, -0.15) is 0 Å². The van der Waals surface area contributed by atoms with E-state index in [0.29, 0.717) is 6.42 Å². The molecule has 0 aliphatic carbocycles. The Balaban J connectivity index is 3.93. The zero-order valence-corrected chi connectivity index (χ0v) is 9.45. The van der Waals surface area contributed by atoms with Crippen LogP contribution in [0.15, 0.2) is 11.9 Å². The van der Waals surface area contributed by atoms with Gasteiger partial charge in [0.1, 0.15) is 0 Å². The van der Waals surface area contributed by atoms with Gasteiger partial charge in [0.05, 0.1) is 7.11 Å². The monoisotopic (exact) mass is 222 g/mol. The molecule has 0 aliphatic heterocycles. The van der Waals surface area contributed by atoms with E-state index in [1.807, 2.05) is 0 Å². The maximum atomic E-state index is 11.4. The molecule has 0 bridgehead atoms. The minimum atomic E-state index is -3.08. The highest BCUT2D eigenvalue weighted by Crippen LogP contribution is 2.47. The van der Waals surface area contributed by atoms with Crippen LogP contribution in [0.4, 0.5) is 0 Å². The summed E-state index contributed by atoms with van der Waals surface area (Å²) >= 11 is 0. The van der Waals surface area contributed by atoms with Gasteiger partial charge in [-0.15, -0.1) is 0 Å². The normalized spacial score (nSPS) is 11.9. The first-order valence-electron chi connectivity index (χ1n) is 4.03. The molecule has 0 saturated carbocycles. The molecule has 5 nitrogen and oxygen atoms in total. The van der Waals surface area contributed by atoms with E-state index in [-0.39, 0.29) is 12.4 Å². The summed E-state index contributed by atoms with van der Waals surface area (Å²) in [5.74, 6) is 1.02. The third kappa shape index (κ3) is 5.17. The van der Waals surface area contributed by atoms with Crippen molar-refractivity contribution in [1.82, 2.24) is 0 Å². The van der Waals surface area contributed by atoms with E-state index in [9.17, 15) is 9.36 Å². The van der Waals surface area contributed by atoms with E-state index in [1.165, 1.54) is 27.1 Å². The summed E-state index contributed by atoms with van der Waals surface area (Å²) in [5.41, 5.74) is 0. The molecule has 6 heteroatoms. The molecule has 0 radical (unpaired) electrons. The van der Waals surface area contributed by atoms with E-state index in [1.54, 1.807) is 6.08 Å². The number of esters is 1. The van der Waals surface area contributed by atoms with E-state index < -0.39 is 7.60 Å². The van der Waals surface area contributed by atoms with Crippen molar-refractivity contribution < 1.29 is 23.1 Å². The van der Waals surface area contributed by atoms with Crippen LogP contribution in [0.5, 0.6) is 0 Å². The van der Waals surface area contributed by atoms with Gasteiger partial charge in [-0.3, -0.25) is 9.36 Å². The quantitative estimate of drug-likeness (QED) is 0.507. The number of rotatable bonds is 6. The first-order valence-corrected chi connectivity index (χ1v) is 5.65. The Bertz CT molecular complexity index is 240. The standard InChI is InChI=1S/C8H15O5P/c1-11-8(9)6-4-5-7-14(10,12-2)13-3/h5,7H,4,6H2,1-3H3/b7-5+.